The topological polar surface area (TPSA) is 63.4 Å². The van der Waals surface area contributed by atoms with Crippen molar-refractivity contribution >= 4 is 27.2 Å². The van der Waals surface area contributed by atoms with E-state index in [1.807, 2.05) is 0 Å². The van der Waals surface area contributed by atoms with Gasteiger partial charge < -0.3 is 5.73 Å². The third-order valence-corrected chi connectivity index (χ3v) is 6.12. The highest BCUT2D eigenvalue weighted by atomic mass is 32.2. The summed E-state index contributed by atoms with van der Waals surface area (Å²) in [5, 5.41) is 0. The average Bonchev–Trinajstić information content (AvgIpc) is 2.47. The lowest BCUT2D eigenvalue weighted by Crippen LogP contribution is -2.43. The van der Waals surface area contributed by atoms with Gasteiger partial charge in [0.05, 0.1) is 5.75 Å². The van der Waals surface area contributed by atoms with Crippen LogP contribution in [0.2, 0.25) is 0 Å². The Morgan fingerprint density at radius 3 is 2.57 bits per heavy atom. The molecule has 2 rings (SSSR count). The molecule has 0 saturated carbocycles. The van der Waals surface area contributed by atoms with Gasteiger partial charge in [-0.25, -0.2) is 8.42 Å². The van der Waals surface area contributed by atoms with Gasteiger partial charge in [0.15, 0.2) is 0 Å². The molecule has 1 aliphatic rings. The van der Waals surface area contributed by atoms with Crippen molar-refractivity contribution in [1.82, 2.24) is 4.31 Å². The number of rotatable bonds is 5. The molecule has 0 radical (unpaired) electrons. The van der Waals surface area contributed by atoms with E-state index in [9.17, 15) is 8.42 Å². The molecular weight excluding hydrogens is 304 g/mol. The molecule has 6 heteroatoms. The van der Waals surface area contributed by atoms with Crippen LogP contribution in [0, 0.1) is 0 Å². The summed E-state index contributed by atoms with van der Waals surface area (Å²) in [6, 6.07) is 7.29. The number of piperidine rings is 1. The molecular formula is C15H22N2O2S2. The number of sulfonamides is 1. The number of nitrogens with two attached hydrogens (primary N) is 1. The highest BCUT2D eigenvalue weighted by molar-refractivity contribution is 7.88. The molecule has 0 aromatic heterocycles. The maximum atomic E-state index is 12.6. The predicted molar refractivity (Wildman–Crippen MR) is 89.6 cm³/mol. The Balaban J connectivity index is 2.14. The molecule has 1 unspecified atom stereocenters. The Bertz CT molecular complexity index is 597. The van der Waals surface area contributed by atoms with Crippen LogP contribution in [0.4, 0.5) is 0 Å². The zero-order valence-electron chi connectivity index (χ0n) is 12.3. The number of hydrogen-bond acceptors (Lipinski definition) is 3. The largest absolute Gasteiger partial charge is 0.389 e. The molecule has 21 heavy (non-hydrogen) atoms. The molecule has 2 N–H and O–H groups in total. The normalized spacial score (nSPS) is 20.3. The summed E-state index contributed by atoms with van der Waals surface area (Å²) >= 11 is 4.90. The fourth-order valence-corrected chi connectivity index (χ4v) is 4.84. The van der Waals surface area contributed by atoms with Crippen LogP contribution in [0.5, 0.6) is 0 Å². The van der Waals surface area contributed by atoms with E-state index in [1.54, 1.807) is 28.6 Å². The minimum atomic E-state index is -3.26. The van der Waals surface area contributed by atoms with Crippen molar-refractivity contribution in [2.45, 2.75) is 44.4 Å². The Kier molecular flexibility index (Phi) is 5.35. The van der Waals surface area contributed by atoms with Crippen LogP contribution >= 0.6 is 12.2 Å². The van der Waals surface area contributed by atoms with Crippen molar-refractivity contribution in [3.05, 3.63) is 35.4 Å². The zero-order chi connectivity index (χ0) is 15.5. The SMILES string of the molecule is CCC1CCCCN1S(=O)(=O)Cc1ccc(C(N)=S)cc1. The van der Waals surface area contributed by atoms with Gasteiger partial charge in [-0.3, -0.25) is 0 Å². The first-order valence-electron chi connectivity index (χ1n) is 7.32. The summed E-state index contributed by atoms with van der Waals surface area (Å²) in [5.41, 5.74) is 7.08. The predicted octanol–water partition coefficient (Wildman–Crippen LogP) is 2.42. The fourth-order valence-electron chi connectivity index (χ4n) is 2.81. The second-order valence-corrected chi connectivity index (χ2v) is 7.85. The van der Waals surface area contributed by atoms with Gasteiger partial charge in [0.1, 0.15) is 4.99 Å². The third-order valence-electron chi connectivity index (χ3n) is 3.99. The van der Waals surface area contributed by atoms with E-state index in [-0.39, 0.29) is 11.8 Å². The molecule has 1 aromatic carbocycles. The van der Waals surface area contributed by atoms with Crippen LogP contribution in [0.25, 0.3) is 0 Å². The monoisotopic (exact) mass is 326 g/mol. The maximum Gasteiger partial charge on any atom is 0.218 e. The minimum Gasteiger partial charge on any atom is -0.389 e. The molecule has 0 amide bonds. The molecule has 1 aromatic rings. The van der Waals surface area contributed by atoms with E-state index in [2.05, 4.69) is 6.92 Å². The Morgan fingerprint density at radius 2 is 2.00 bits per heavy atom. The van der Waals surface area contributed by atoms with Gasteiger partial charge >= 0.3 is 0 Å². The van der Waals surface area contributed by atoms with Crippen molar-refractivity contribution < 1.29 is 8.42 Å². The van der Waals surface area contributed by atoms with Gasteiger partial charge in [-0.1, -0.05) is 49.8 Å². The Morgan fingerprint density at radius 1 is 1.33 bits per heavy atom. The van der Waals surface area contributed by atoms with Crippen LogP contribution in [0.1, 0.15) is 43.7 Å². The van der Waals surface area contributed by atoms with Gasteiger partial charge in [0.2, 0.25) is 10.0 Å². The van der Waals surface area contributed by atoms with E-state index >= 15 is 0 Å². The van der Waals surface area contributed by atoms with E-state index < -0.39 is 10.0 Å². The number of hydrogen-bond donors (Lipinski definition) is 1. The van der Waals surface area contributed by atoms with Crippen molar-refractivity contribution in [3.63, 3.8) is 0 Å². The Hall–Kier alpha value is -0.980. The lowest BCUT2D eigenvalue weighted by atomic mass is 10.0. The second kappa shape index (κ2) is 6.85. The zero-order valence-corrected chi connectivity index (χ0v) is 13.9. The van der Waals surface area contributed by atoms with Crippen LogP contribution in [0.15, 0.2) is 24.3 Å². The lowest BCUT2D eigenvalue weighted by Gasteiger charge is -2.34. The van der Waals surface area contributed by atoms with Gasteiger partial charge in [-0.2, -0.15) is 4.31 Å². The van der Waals surface area contributed by atoms with E-state index in [0.717, 1.165) is 36.8 Å². The average molecular weight is 326 g/mol. The van der Waals surface area contributed by atoms with Crippen molar-refractivity contribution in [3.8, 4) is 0 Å². The van der Waals surface area contributed by atoms with Gasteiger partial charge in [-0.05, 0) is 24.8 Å². The van der Waals surface area contributed by atoms with Crippen LogP contribution in [0.3, 0.4) is 0 Å². The lowest BCUT2D eigenvalue weighted by molar-refractivity contribution is 0.246. The molecule has 1 heterocycles. The smallest absolute Gasteiger partial charge is 0.218 e. The number of nitrogens with zero attached hydrogens (tertiary/aromatic N) is 1. The highest BCUT2D eigenvalue weighted by Gasteiger charge is 2.31. The highest BCUT2D eigenvalue weighted by Crippen LogP contribution is 2.24. The molecule has 1 saturated heterocycles. The second-order valence-electron chi connectivity index (χ2n) is 5.49. The summed E-state index contributed by atoms with van der Waals surface area (Å²) < 4.78 is 26.9. The summed E-state index contributed by atoms with van der Waals surface area (Å²) in [4.78, 5) is 0.325. The van der Waals surface area contributed by atoms with Crippen LogP contribution in [-0.4, -0.2) is 30.3 Å². The summed E-state index contributed by atoms with van der Waals surface area (Å²) in [6.45, 7) is 2.70. The van der Waals surface area contributed by atoms with Gasteiger partial charge in [-0.15, -0.1) is 0 Å². The Labute approximate surface area is 132 Å². The maximum absolute atomic E-state index is 12.6. The number of benzene rings is 1. The van der Waals surface area contributed by atoms with E-state index in [0.29, 0.717) is 11.5 Å². The molecule has 0 spiro atoms. The van der Waals surface area contributed by atoms with Crippen molar-refractivity contribution in [2.24, 2.45) is 5.73 Å². The first-order valence-corrected chi connectivity index (χ1v) is 9.34. The molecule has 1 fully saturated rings. The molecule has 1 aliphatic heterocycles. The van der Waals surface area contributed by atoms with Crippen molar-refractivity contribution in [1.29, 1.82) is 0 Å². The van der Waals surface area contributed by atoms with Gasteiger partial charge in [0, 0.05) is 18.2 Å². The first kappa shape index (κ1) is 16.4. The molecule has 4 nitrogen and oxygen atoms in total. The molecule has 0 bridgehead atoms. The third kappa shape index (κ3) is 4.02. The van der Waals surface area contributed by atoms with Crippen LogP contribution in [-0.2, 0) is 15.8 Å². The number of thiocarbonyl (C=S) groups is 1. The molecule has 116 valence electrons. The van der Waals surface area contributed by atoms with Gasteiger partial charge in [0.25, 0.3) is 0 Å². The summed E-state index contributed by atoms with van der Waals surface area (Å²) in [5.74, 6) is 0.0428. The summed E-state index contributed by atoms with van der Waals surface area (Å²) in [6.07, 6.45) is 3.92. The van der Waals surface area contributed by atoms with Crippen LogP contribution < -0.4 is 5.73 Å². The molecule has 0 aliphatic carbocycles. The van der Waals surface area contributed by atoms with E-state index in [4.69, 9.17) is 18.0 Å². The van der Waals surface area contributed by atoms with Crippen molar-refractivity contribution in [2.75, 3.05) is 6.54 Å². The standard InChI is InChI=1S/C15H22N2O2S2/c1-2-14-5-3-4-10-17(14)21(18,19)11-12-6-8-13(9-7-12)15(16)20/h6-9,14H,2-5,10-11H2,1H3,(H2,16,20). The molecule has 1 atom stereocenters. The quantitative estimate of drug-likeness (QED) is 0.844. The fraction of sp³-hybridized carbons (Fsp3) is 0.533. The first-order chi connectivity index (χ1) is 9.94. The summed E-state index contributed by atoms with van der Waals surface area (Å²) in [7, 11) is -3.26. The minimum absolute atomic E-state index is 0.0428. The van der Waals surface area contributed by atoms with E-state index in [1.165, 1.54) is 0 Å².